The maximum absolute atomic E-state index is 18.1. The lowest BCUT2D eigenvalue weighted by Crippen LogP contribution is -2.66. The van der Waals surface area contributed by atoms with Crippen molar-refractivity contribution in [3.8, 4) is 51.2 Å². The molecule has 12 rings (SSSR count). The number of aliphatic hydroxyl groups is 1. The van der Waals surface area contributed by atoms with Crippen LogP contribution in [0.25, 0.3) is 61.5 Å². The number of piperazine rings is 2. The highest BCUT2D eigenvalue weighted by Crippen LogP contribution is 2.49. The zero-order valence-electron chi connectivity index (χ0n) is 51.8. The van der Waals surface area contributed by atoms with E-state index in [1.54, 1.807) is 41.5 Å². The molecule has 0 bridgehead atoms. The number of phenols is 2. The second-order valence-electron chi connectivity index (χ2n) is 24.3. The van der Waals surface area contributed by atoms with Gasteiger partial charge in [-0.1, -0.05) is 46.4 Å². The first kappa shape index (κ1) is 63.3. The number of benzene rings is 4. The molecule has 482 valence electrons. The fourth-order valence-electron chi connectivity index (χ4n) is 13.7. The molecule has 94 heavy (non-hydrogen) atoms. The third-order valence-corrected chi connectivity index (χ3v) is 18.1. The summed E-state index contributed by atoms with van der Waals surface area (Å²) in [6, 6.07) is 8.34. The van der Waals surface area contributed by atoms with Gasteiger partial charge in [-0.25, -0.2) is 26.3 Å². The van der Waals surface area contributed by atoms with Crippen LogP contribution >= 0.6 is 0 Å². The summed E-state index contributed by atoms with van der Waals surface area (Å²) in [5.74, 6) is -13.7. The number of hydrogen-bond acceptors (Lipinski definition) is 14. The zero-order valence-corrected chi connectivity index (χ0v) is 51.8. The fourth-order valence-corrected chi connectivity index (χ4v) is 13.7. The maximum atomic E-state index is 18.1. The van der Waals surface area contributed by atoms with Gasteiger partial charge in [-0.05, 0) is 86.4 Å². The topological polar surface area (TPSA) is 242 Å². The first-order valence-electron chi connectivity index (χ1n) is 29.9. The SMILES string of the molecule is C=CC(=O)N1CC2C(=O)N(C)c3c(c4cc(F)c(-c5c(O)cccc5F)c(F)c4n(-c4c(CO)cc(/C=C\C(=O)N5CC6C(=O)N(C)c7c(c8cc(F)c(-c9c(O)cccc9F)c(F)c8n(-c8c(C#N)ccnc8C(C)C)c7=O)N6CC5C)nc4C(C)C)c3=O)N2CC1C. The summed E-state index contributed by atoms with van der Waals surface area (Å²) in [4.78, 5) is 105. The highest BCUT2D eigenvalue weighted by Gasteiger charge is 2.49. The maximum Gasteiger partial charge on any atom is 0.281 e. The normalized spacial score (nSPS) is 18.0. The number of hydrogen-bond donors (Lipinski definition) is 3. The number of rotatable bonds is 10. The molecule has 3 N–H and O–H groups in total. The first-order valence-corrected chi connectivity index (χ1v) is 29.9. The number of carbonyl (C=O) groups excluding carboxylic acids is 4. The number of anilines is 4. The molecule has 20 nitrogen and oxygen atoms in total. The van der Waals surface area contributed by atoms with Crippen LogP contribution in [0.4, 0.5) is 49.1 Å². The van der Waals surface area contributed by atoms with Crippen LogP contribution in [0, 0.1) is 46.2 Å². The van der Waals surface area contributed by atoms with E-state index in [0.717, 1.165) is 79.6 Å². The van der Waals surface area contributed by atoms with E-state index in [1.165, 1.54) is 58.1 Å². The largest absolute Gasteiger partial charge is 0.507 e. The number of nitriles is 1. The summed E-state index contributed by atoms with van der Waals surface area (Å²) in [5.41, 5.74) is -8.75. The monoisotopic (exact) mass is 1290 g/mol. The van der Waals surface area contributed by atoms with Gasteiger partial charge < -0.3 is 44.7 Å². The number of amides is 4. The molecule has 2 saturated heterocycles. The Morgan fingerprint density at radius 3 is 1.54 bits per heavy atom. The zero-order chi connectivity index (χ0) is 67.7. The van der Waals surface area contributed by atoms with E-state index in [2.05, 4.69) is 11.6 Å². The van der Waals surface area contributed by atoms with Crippen LogP contribution in [0.5, 0.6) is 11.5 Å². The molecule has 0 saturated carbocycles. The minimum atomic E-state index is -1.52. The number of fused-ring (bicyclic) bond motifs is 10. The minimum Gasteiger partial charge on any atom is -0.507 e. The molecule has 4 unspecified atom stereocenters. The van der Waals surface area contributed by atoms with Crippen LogP contribution in [-0.4, -0.2) is 132 Å². The third kappa shape index (κ3) is 9.52. The van der Waals surface area contributed by atoms with Crippen LogP contribution in [0.2, 0.25) is 0 Å². The van der Waals surface area contributed by atoms with E-state index in [1.807, 2.05) is 6.07 Å². The number of likely N-dealkylation sites (N-methyl/N-ethyl adjacent to an activating group) is 2. The Hall–Kier alpha value is -10.8. The molecule has 26 heteroatoms. The highest BCUT2D eigenvalue weighted by molar-refractivity contribution is 6.15. The lowest BCUT2D eigenvalue weighted by molar-refractivity contribution is -0.132. The molecule has 4 aliphatic heterocycles. The molecule has 4 aliphatic rings. The summed E-state index contributed by atoms with van der Waals surface area (Å²) < 4.78 is 103. The Morgan fingerprint density at radius 1 is 0.638 bits per heavy atom. The van der Waals surface area contributed by atoms with Crippen molar-refractivity contribution in [2.45, 2.75) is 84.2 Å². The number of aromatic hydroxyl groups is 2. The molecule has 4 atom stereocenters. The van der Waals surface area contributed by atoms with Crippen molar-refractivity contribution in [3.05, 3.63) is 169 Å². The highest BCUT2D eigenvalue weighted by atomic mass is 19.2. The lowest BCUT2D eigenvalue weighted by Gasteiger charge is -2.50. The Labute approximate surface area is 531 Å². The third-order valence-electron chi connectivity index (χ3n) is 18.1. The van der Waals surface area contributed by atoms with Crippen molar-refractivity contribution in [1.82, 2.24) is 28.9 Å². The number of pyridine rings is 4. The first-order chi connectivity index (χ1) is 44.7. The summed E-state index contributed by atoms with van der Waals surface area (Å²) in [6.45, 7) is 11.7. The number of carbonyl (C=O) groups is 4. The van der Waals surface area contributed by atoms with Crippen LogP contribution in [0.15, 0.2) is 95.2 Å². The van der Waals surface area contributed by atoms with Crippen molar-refractivity contribution >= 4 is 74.3 Å². The molecule has 2 fully saturated rings. The van der Waals surface area contributed by atoms with Crippen LogP contribution in [-0.2, 0) is 25.8 Å². The Morgan fingerprint density at radius 2 is 1.11 bits per heavy atom. The van der Waals surface area contributed by atoms with Crippen molar-refractivity contribution in [2.75, 3.05) is 59.9 Å². The average Bonchev–Trinajstić information content (AvgIpc) is 0.706. The fraction of sp³-hybridized carbons (Fsp3) is 0.279. The average molecular weight is 1290 g/mol. The van der Waals surface area contributed by atoms with Gasteiger partial charge in [-0.15, -0.1) is 0 Å². The van der Waals surface area contributed by atoms with E-state index in [-0.39, 0.29) is 99.3 Å². The van der Waals surface area contributed by atoms with E-state index < -0.39 is 157 Å². The molecule has 0 aliphatic carbocycles. The number of halogens is 6. The molecule has 8 heterocycles. The predicted molar refractivity (Wildman–Crippen MR) is 338 cm³/mol. The van der Waals surface area contributed by atoms with Gasteiger partial charge in [0, 0.05) is 67.9 Å². The molecule has 0 radical (unpaired) electrons. The Balaban J connectivity index is 0.974. The second-order valence-corrected chi connectivity index (χ2v) is 24.3. The van der Waals surface area contributed by atoms with Gasteiger partial charge in [0.05, 0.1) is 98.4 Å². The smallest absolute Gasteiger partial charge is 0.281 e. The number of nitrogens with zero attached hydrogens (tertiary/aromatic N) is 11. The quantitative estimate of drug-likeness (QED) is 0.0856. The van der Waals surface area contributed by atoms with E-state index in [9.17, 15) is 39.8 Å². The number of aromatic nitrogens is 4. The minimum absolute atomic E-state index is 0.00270. The Kier molecular flexibility index (Phi) is 15.8. The van der Waals surface area contributed by atoms with E-state index in [4.69, 9.17) is 4.98 Å². The molecular weight excluding hydrogens is 1230 g/mol. The van der Waals surface area contributed by atoms with Gasteiger partial charge in [0.15, 0.2) is 11.6 Å². The van der Waals surface area contributed by atoms with Crippen molar-refractivity contribution in [1.29, 1.82) is 5.26 Å². The summed E-state index contributed by atoms with van der Waals surface area (Å²) in [6.07, 6.45) is 4.79. The van der Waals surface area contributed by atoms with Gasteiger partial charge in [-0.3, -0.25) is 47.9 Å². The predicted octanol–water partition coefficient (Wildman–Crippen LogP) is 8.94. The van der Waals surface area contributed by atoms with Crippen LogP contribution < -0.4 is 30.7 Å². The lowest BCUT2D eigenvalue weighted by atomic mass is 9.94. The summed E-state index contributed by atoms with van der Waals surface area (Å²) in [7, 11) is 2.55. The van der Waals surface area contributed by atoms with Crippen molar-refractivity contribution in [3.63, 3.8) is 0 Å². The number of aliphatic hydroxyl groups excluding tert-OH is 1. The standard InChI is InChI=1S/C68H59F6N11O9/c1-10-47(89)80-27-43-65(91)79(9)64-62(82(43)25-32(80)6)38-23-42(72)52(50-40(70)14-12-16-46(50)88)54(74)60(38)85(68(64)94)58-35(29-86)21-36(77-56(58)31(4)5)17-18-48(90)81-28-44-66(92)78(8)63-61(83(44)26-33(81)7)37-22-41(71)51(49-39(69)13-11-15-45(49)87)53(73)59(37)84(67(63)93)57-34(24-75)19-20-76-55(57)30(2)3/h10-23,30-33,43-44,86-88H,1,25-29H2,2-9H3/b18-17-. The van der Waals surface area contributed by atoms with E-state index >= 15 is 35.9 Å². The van der Waals surface area contributed by atoms with Gasteiger partial charge in [0.25, 0.3) is 22.9 Å². The van der Waals surface area contributed by atoms with Crippen molar-refractivity contribution < 1.29 is 60.8 Å². The molecule has 4 amide bonds. The van der Waals surface area contributed by atoms with Gasteiger partial charge >= 0.3 is 0 Å². The van der Waals surface area contributed by atoms with Crippen LogP contribution in [0.1, 0.15) is 81.6 Å². The second kappa shape index (κ2) is 23.4. The molecular formula is C68H59F6N11O9. The van der Waals surface area contributed by atoms with Gasteiger partial charge in [0.1, 0.15) is 64.3 Å². The van der Waals surface area contributed by atoms with Gasteiger partial charge in [-0.2, -0.15) is 5.26 Å². The molecule has 0 spiro atoms. The summed E-state index contributed by atoms with van der Waals surface area (Å²) in [5, 5.41) is 43.0. The molecule has 4 aromatic carbocycles. The van der Waals surface area contributed by atoms with Crippen molar-refractivity contribution in [2.24, 2.45) is 0 Å². The Bertz CT molecular complexity index is 4850. The van der Waals surface area contributed by atoms with Gasteiger partial charge in [0.2, 0.25) is 11.8 Å². The molecule has 8 aromatic rings. The van der Waals surface area contributed by atoms with Crippen LogP contribution in [0.3, 0.4) is 0 Å². The van der Waals surface area contributed by atoms with E-state index in [0.29, 0.717) is 0 Å². The molecule has 4 aromatic heterocycles. The number of phenolic OH excluding ortho intramolecular Hbond substituents is 2. The summed E-state index contributed by atoms with van der Waals surface area (Å²) >= 11 is 0.